The Morgan fingerprint density at radius 2 is 1.50 bits per heavy atom. The lowest BCUT2D eigenvalue weighted by atomic mass is 10.1. The van der Waals surface area contributed by atoms with Gasteiger partial charge in [0.25, 0.3) is 21.8 Å². The van der Waals surface area contributed by atoms with E-state index in [0.29, 0.717) is 16.8 Å². The van der Waals surface area contributed by atoms with Crippen LogP contribution in [0.5, 0.6) is 0 Å². The van der Waals surface area contributed by atoms with E-state index in [-0.39, 0.29) is 23.3 Å². The van der Waals surface area contributed by atoms with Gasteiger partial charge in [-0.05, 0) is 67.3 Å². The van der Waals surface area contributed by atoms with Crippen molar-refractivity contribution in [1.29, 1.82) is 0 Å². The van der Waals surface area contributed by atoms with Crippen LogP contribution in [0.3, 0.4) is 0 Å². The lowest BCUT2D eigenvalue weighted by Gasteiger charge is -2.26. The number of hydrogen-bond acceptors (Lipinski definition) is 4. The summed E-state index contributed by atoms with van der Waals surface area (Å²) in [6, 6.07) is 21.6. The highest BCUT2D eigenvalue weighted by molar-refractivity contribution is 7.92. The highest BCUT2D eigenvalue weighted by atomic mass is 32.2. The summed E-state index contributed by atoms with van der Waals surface area (Å²) in [5.41, 5.74) is 2.06. The molecule has 0 aromatic heterocycles. The topological polar surface area (TPSA) is 95.6 Å². The zero-order valence-corrected chi connectivity index (χ0v) is 19.6. The van der Waals surface area contributed by atoms with Gasteiger partial charge in [0.2, 0.25) is 0 Å². The van der Waals surface area contributed by atoms with Crippen LogP contribution in [0.25, 0.3) is 0 Å². The first-order chi connectivity index (χ1) is 16.4. The first kappa shape index (κ1) is 23.5. The molecule has 1 fully saturated rings. The van der Waals surface area contributed by atoms with Gasteiger partial charge in [-0.1, -0.05) is 36.4 Å². The average molecular weight is 478 g/mol. The number of rotatable bonds is 7. The Balaban J connectivity index is 1.39. The van der Waals surface area contributed by atoms with E-state index in [2.05, 4.69) is 10.0 Å². The van der Waals surface area contributed by atoms with Gasteiger partial charge < -0.3 is 10.2 Å². The Kier molecular flexibility index (Phi) is 7.27. The second-order valence-electron chi connectivity index (χ2n) is 8.24. The third kappa shape index (κ3) is 5.82. The van der Waals surface area contributed by atoms with Gasteiger partial charge in [-0.2, -0.15) is 0 Å². The lowest BCUT2D eigenvalue weighted by Crippen LogP contribution is -2.35. The van der Waals surface area contributed by atoms with Crippen LogP contribution in [-0.2, 0) is 16.6 Å². The van der Waals surface area contributed by atoms with Crippen molar-refractivity contribution in [3.05, 3.63) is 95.6 Å². The van der Waals surface area contributed by atoms with Crippen molar-refractivity contribution in [3.8, 4) is 0 Å². The molecule has 8 heteroatoms. The molecule has 0 saturated carbocycles. The number of amides is 2. The van der Waals surface area contributed by atoms with Crippen LogP contribution in [0, 0.1) is 0 Å². The van der Waals surface area contributed by atoms with E-state index >= 15 is 0 Å². The minimum Gasteiger partial charge on any atom is -0.348 e. The van der Waals surface area contributed by atoms with Gasteiger partial charge in [-0.3, -0.25) is 14.3 Å². The summed E-state index contributed by atoms with van der Waals surface area (Å²) in [5, 5.41) is 2.84. The van der Waals surface area contributed by atoms with Gasteiger partial charge in [-0.25, -0.2) is 8.42 Å². The monoisotopic (exact) mass is 477 g/mol. The van der Waals surface area contributed by atoms with Gasteiger partial charge >= 0.3 is 0 Å². The van der Waals surface area contributed by atoms with Crippen molar-refractivity contribution < 1.29 is 18.0 Å². The lowest BCUT2D eigenvalue weighted by molar-refractivity contribution is 0.0724. The fraction of sp³-hybridized carbons (Fsp3) is 0.231. The minimum atomic E-state index is -3.75. The summed E-state index contributed by atoms with van der Waals surface area (Å²) in [6.07, 6.45) is 3.22. The van der Waals surface area contributed by atoms with Crippen molar-refractivity contribution in [3.63, 3.8) is 0 Å². The van der Waals surface area contributed by atoms with Crippen LogP contribution in [0.1, 0.15) is 45.5 Å². The Morgan fingerprint density at radius 3 is 2.26 bits per heavy atom. The summed E-state index contributed by atoms with van der Waals surface area (Å²) < 4.78 is 27.6. The predicted molar refractivity (Wildman–Crippen MR) is 131 cm³/mol. The first-order valence-corrected chi connectivity index (χ1v) is 12.7. The molecule has 0 unspecified atom stereocenters. The molecular formula is C26H27N3O4S. The molecule has 1 aliphatic heterocycles. The zero-order chi connectivity index (χ0) is 24.0. The highest BCUT2D eigenvalue weighted by Crippen LogP contribution is 2.18. The number of benzene rings is 3. The quantitative estimate of drug-likeness (QED) is 0.537. The van der Waals surface area contributed by atoms with Crippen molar-refractivity contribution in [2.75, 3.05) is 17.8 Å². The third-order valence-electron chi connectivity index (χ3n) is 5.70. The molecule has 3 aromatic rings. The summed E-state index contributed by atoms with van der Waals surface area (Å²) >= 11 is 0. The molecule has 1 heterocycles. The van der Waals surface area contributed by atoms with Crippen LogP contribution in [-0.4, -0.2) is 38.2 Å². The fourth-order valence-corrected chi connectivity index (χ4v) is 4.99. The maximum Gasteiger partial charge on any atom is 0.261 e. The first-order valence-electron chi connectivity index (χ1n) is 11.3. The normalized spacial score (nSPS) is 13.8. The Morgan fingerprint density at radius 1 is 0.794 bits per heavy atom. The Labute approximate surface area is 199 Å². The third-order valence-corrected chi connectivity index (χ3v) is 7.10. The molecule has 1 saturated heterocycles. The van der Waals surface area contributed by atoms with E-state index in [1.807, 2.05) is 23.1 Å². The number of carbonyl (C=O) groups is 2. The zero-order valence-electron chi connectivity index (χ0n) is 18.7. The SMILES string of the molecule is O=C(NCc1cccc(C(=O)N2CCCCC2)c1)c1cccc(NS(=O)(=O)c2ccccc2)c1. The largest absolute Gasteiger partial charge is 0.348 e. The standard InChI is InChI=1S/C26H27N3O4S/c30-25(21-10-8-12-23(18-21)28-34(32,33)24-13-3-1-4-14-24)27-19-20-9-7-11-22(17-20)26(31)29-15-5-2-6-16-29/h1,3-4,7-14,17-18,28H,2,5-6,15-16,19H2,(H,27,30). The van der Waals surface area contributed by atoms with E-state index in [1.165, 1.54) is 18.2 Å². The fourth-order valence-electron chi connectivity index (χ4n) is 3.92. The maximum atomic E-state index is 12.7. The van der Waals surface area contributed by atoms with Crippen molar-refractivity contribution in [2.24, 2.45) is 0 Å². The number of nitrogens with zero attached hydrogens (tertiary/aromatic N) is 1. The number of likely N-dealkylation sites (tertiary alicyclic amines) is 1. The van der Waals surface area contributed by atoms with E-state index in [1.54, 1.807) is 42.5 Å². The van der Waals surface area contributed by atoms with Crippen molar-refractivity contribution in [2.45, 2.75) is 30.7 Å². The van der Waals surface area contributed by atoms with Gasteiger partial charge in [0.1, 0.15) is 0 Å². The number of hydrogen-bond donors (Lipinski definition) is 2. The number of piperidine rings is 1. The van der Waals surface area contributed by atoms with E-state index in [0.717, 1.165) is 37.9 Å². The van der Waals surface area contributed by atoms with Gasteiger partial charge in [0.15, 0.2) is 0 Å². The van der Waals surface area contributed by atoms with Crippen LogP contribution in [0.15, 0.2) is 83.8 Å². The molecule has 0 atom stereocenters. The summed E-state index contributed by atoms with van der Waals surface area (Å²) in [4.78, 5) is 27.5. The minimum absolute atomic E-state index is 0.0197. The molecule has 4 rings (SSSR count). The molecule has 34 heavy (non-hydrogen) atoms. The number of anilines is 1. The predicted octanol–water partition coefficient (Wildman–Crippen LogP) is 4.04. The van der Waals surface area contributed by atoms with Crippen LogP contribution < -0.4 is 10.0 Å². The van der Waals surface area contributed by atoms with Crippen LogP contribution in [0.2, 0.25) is 0 Å². The molecular weight excluding hydrogens is 450 g/mol. The van der Waals surface area contributed by atoms with Gasteiger partial charge in [-0.15, -0.1) is 0 Å². The number of sulfonamides is 1. The average Bonchev–Trinajstić information content (AvgIpc) is 2.88. The molecule has 0 radical (unpaired) electrons. The van der Waals surface area contributed by atoms with Crippen molar-refractivity contribution >= 4 is 27.5 Å². The molecule has 0 aliphatic carbocycles. The molecule has 0 spiro atoms. The number of carbonyl (C=O) groups excluding carboxylic acids is 2. The van der Waals surface area contributed by atoms with E-state index in [4.69, 9.17) is 0 Å². The molecule has 2 amide bonds. The smallest absolute Gasteiger partial charge is 0.261 e. The molecule has 176 valence electrons. The maximum absolute atomic E-state index is 12.7. The highest BCUT2D eigenvalue weighted by Gasteiger charge is 2.18. The van der Waals surface area contributed by atoms with Crippen molar-refractivity contribution in [1.82, 2.24) is 10.2 Å². The van der Waals surface area contributed by atoms with E-state index < -0.39 is 10.0 Å². The van der Waals surface area contributed by atoms with Crippen LogP contribution in [0.4, 0.5) is 5.69 Å². The van der Waals surface area contributed by atoms with Crippen LogP contribution >= 0.6 is 0 Å². The van der Waals surface area contributed by atoms with Gasteiger partial charge in [0, 0.05) is 36.4 Å². The summed E-state index contributed by atoms with van der Waals surface area (Å²) in [6.45, 7) is 1.81. The van der Waals surface area contributed by atoms with E-state index in [9.17, 15) is 18.0 Å². The molecule has 2 N–H and O–H groups in total. The molecule has 3 aromatic carbocycles. The second kappa shape index (κ2) is 10.5. The summed E-state index contributed by atoms with van der Waals surface area (Å²) in [5.74, 6) is -0.320. The Hall–Kier alpha value is -3.65. The molecule has 7 nitrogen and oxygen atoms in total. The number of nitrogens with one attached hydrogen (secondary N) is 2. The summed E-state index contributed by atoms with van der Waals surface area (Å²) in [7, 11) is -3.75. The molecule has 1 aliphatic rings. The molecule has 0 bridgehead atoms. The second-order valence-corrected chi connectivity index (χ2v) is 9.92. The van der Waals surface area contributed by atoms with Gasteiger partial charge in [0.05, 0.1) is 4.90 Å². The Bertz CT molecular complexity index is 1270.